The van der Waals surface area contributed by atoms with E-state index in [9.17, 15) is 0 Å². The number of nitrogens with two attached hydrogens (primary N) is 1. The molecule has 6 nitrogen and oxygen atoms in total. The van der Waals surface area contributed by atoms with Gasteiger partial charge in [-0.15, -0.1) is 0 Å². The lowest BCUT2D eigenvalue weighted by Gasteiger charge is -2.07. The predicted molar refractivity (Wildman–Crippen MR) is 62.8 cm³/mol. The first-order valence-corrected chi connectivity index (χ1v) is 4.92. The van der Waals surface area contributed by atoms with Crippen LogP contribution in [0.1, 0.15) is 0 Å². The number of methoxy groups -OCH3 is 2. The van der Waals surface area contributed by atoms with Crippen LogP contribution in [0.25, 0.3) is 11.4 Å². The normalized spacial score (nSPS) is 10.0. The minimum absolute atomic E-state index is 0.132. The Bertz CT molecular complexity index is 531. The molecule has 0 aliphatic heterocycles. The molecule has 0 bridgehead atoms. The summed E-state index contributed by atoms with van der Waals surface area (Å²) in [6, 6.07) is 5.23. The van der Waals surface area contributed by atoms with Crippen LogP contribution >= 0.6 is 0 Å². The van der Waals surface area contributed by atoms with Crippen molar-refractivity contribution in [3.05, 3.63) is 24.4 Å². The zero-order valence-corrected chi connectivity index (χ0v) is 9.54. The van der Waals surface area contributed by atoms with Gasteiger partial charge in [0, 0.05) is 12.3 Å². The first-order valence-electron chi connectivity index (χ1n) is 4.92. The fourth-order valence-electron chi connectivity index (χ4n) is 1.42. The lowest BCUT2D eigenvalue weighted by Crippen LogP contribution is -2.00. The SMILES string of the molecule is COc1cc(-c2ncccc2OC)nc(N)n1. The molecule has 17 heavy (non-hydrogen) atoms. The van der Waals surface area contributed by atoms with Crippen molar-refractivity contribution in [3.8, 4) is 23.0 Å². The molecule has 0 aliphatic carbocycles. The molecule has 2 N–H and O–H groups in total. The Morgan fingerprint density at radius 2 is 2.00 bits per heavy atom. The highest BCUT2D eigenvalue weighted by atomic mass is 16.5. The van der Waals surface area contributed by atoms with Crippen molar-refractivity contribution in [2.45, 2.75) is 0 Å². The van der Waals surface area contributed by atoms with Gasteiger partial charge in [-0.2, -0.15) is 4.98 Å². The van der Waals surface area contributed by atoms with Crippen molar-refractivity contribution in [1.29, 1.82) is 0 Å². The van der Waals surface area contributed by atoms with Crippen molar-refractivity contribution in [3.63, 3.8) is 0 Å². The number of nitrogens with zero attached hydrogens (tertiary/aromatic N) is 3. The van der Waals surface area contributed by atoms with Gasteiger partial charge in [0.2, 0.25) is 11.8 Å². The summed E-state index contributed by atoms with van der Waals surface area (Å²) in [6.45, 7) is 0. The Labute approximate surface area is 98.4 Å². The highest BCUT2D eigenvalue weighted by Crippen LogP contribution is 2.27. The number of ether oxygens (including phenoxy) is 2. The van der Waals surface area contributed by atoms with E-state index >= 15 is 0 Å². The summed E-state index contributed by atoms with van der Waals surface area (Å²) in [7, 11) is 3.09. The van der Waals surface area contributed by atoms with Crippen LogP contribution in [-0.4, -0.2) is 29.2 Å². The molecule has 2 rings (SSSR count). The topological polar surface area (TPSA) is 83.2 Å². The third kappa shape index (κ3) is 2.25. The van der Waals surface area contributed by atoms with Crippen LogP contribution in [0.3, 0.4) is 0 Å². The van der Waals surface area contributed by atoms with Crippen molar-refractivity contribution in [2.24, 2.45) is 0 Å². The van der Waals surface area contributed by atoms with Crippen LogP contribution in [0.4, 0.5) is 5.95 Å². The van der Waals surface area contributed by atoms with Crippen molar-refractivity contribution < 1.29 is 9.47 Å². The standard InChI is InChI=1S/C11H12N4O2/c1-16-8-4-3-5-13-10(8)7-6-9(17-2)15-11(12)14-7/h3-6H,1-2H3,(H2,12,14,15). The van der Waals surface area contributed by atoms with E-state index in [1.165, 1.54) is 7.11 Å². The minimum atomic E-state index is 0.132. The number of rotatable bonds is 3. The maximum absolute atomic E-state index is 5.59. The maximum Gasteiger partial charge on any atom is 0.223 e. The van der Waals surface area contributed by atoms with Crippen LogP contribution in [0.15, 0.2) is 24.4 Å². The predicted octanol–water partition coefficient (Wildman–Crippen LogP) is 1.14. The van der Waals surface area contributed by atoms with Gasteiger partial charge in [0.15, 0.2) is 0 Å². The molecule has 0 unspecified atom stereocenters. The molecule has 0 aliphatic rings. The molecule has 88 valence electrons. The van der Waals surface area contributed by atoms with Gasteiger partial charge in [-0.1, -0.05) is 0 Å². The van der Waals surface area contributed by atoms with Crippen molar-refractivity contribution >= 4 is 5.95 Å². The van der Waals surface area contributed by atoms with Crippen molar-refractivity contribution in [1.82, 2.24) is 15.0 Å². The fraction of sp³-hybridized carbons (Fsp3) is 0.182. The molecule has 0 saturated heterocycles. The van der Waals surface area contributed by atoms with Crippen LogP contribution in [0.2, 0.25) is 0 Å². The van der Waals surface area contributed by atoms with E-state index in [0.717, 1.165) is 0 Å². The summed E-state index contributed by atoms with van der Waals surface area (Å²) >= 11 is 0. The summed E-state index contributed by atoms with van der Waals surface area (Å²) in [6.07, 6.45) is 1.66. The molecular weight excluding hydrogens is 220 g/mol. The summed E-state index contributed by atoms with van der Waals surface area (Å²) in [4.78, 5) is 12.2. The van der Waals surface area contributed by atoms with E-state index in [0.29, 0.717) is 23.0 Å². The van der Waals surface area contributed by atoms with Gasteiger partial charge >= 0.3 is 0 Å². The van der Waals surface area contributed by atoms with Gasteiger partial charge in [0.25, 0.3) is 0 Å². The second-order valence-electron chi connectivity index (χ2n) is 3.21. The summed E-state index contributed by atoms with van der Waals surface area (Å²) < 4.78 is 10.2. The summed E-state index contributed by atoms with van der Waals surface area (Å²) in [5.74, 6) is 1.14. The van der Waals surface area contributed by atoms with Gasteiger partial charge in [-0.05, 0) is 12.1 Å². The molecule has 0 saturated carbocycles. The number of pyridine rings is 1. The second kappa shape index (κ2) is 4.65. The van der Waals surface area contributed by atoms with Gasteiger partial charge in [0.05, 0.1) is 14.2 Å². The Morgan fingerprint density at radius 3 is 2.71 bits per heavy atom. The maximum atomic E-state index is 5.59. The molecule has 2 aromatic heterocycles. The highest BCUT2D eigenvalue weighted by Gasteiger charge is 2.11. The lowest BCUT2D eigenvalue weighted by atomic mass is 10.2. The molecule has 0 aromatic carbocycles. The second-order valence-corrected chi connectivity index (χ2v) is 3.21. The average molecular weight is 232 g/mol. The molecular formula is C11H12N4O2. The third-order valence-electron chi connectivity index (χ3n) is 2.16. The lowest BCUT2D eigenvalue weighted by molar-refractivity contribution is 0.397. The summed E-state index contributed by atoms with van der Waals surface area (Å²) in [5, 5.41) is 0. The molecule has 0 atom stereocenters. The zero-order valence-electron chi connectivity index (χ0n) is 9.54. The number of nitrogen functional groups attached to an aromatic ring is 1. The molecule has 0 spiro atoms. The van der Waals surface area contributed by atoms with Gasteiger partial charge in [-0.3, -0.25) is 4.98 Å². The summed E-state index contributed by atoms with van der Waals surface area (Å²) in [5.41, 5.74) is 6.75. The zero-order chi connectivity index (χ0) is 12.3. The highest BCUT2D eigenvalue weighted by molar-refractivity contribution is 5.64. The van der Waals surface area contributed by atoms with Crippen LogP contribution in [0, 0.1) is 0 Å². The largest absolute Gasteiger partial charge is 0.494 e. The van der Waals surface area contributed by atoms with E-state index in [-0.39, 0.29) is 5.95 Å². The number of aromatic nitrogens is 3. The Hall–Kier alpha value is -2.37. The molecule has 0 amide bonds. The van der Waals surface area contributed by atoms with Crippen LogP contribution in [0.5, 0.6) is 11.6 Å². The Balaban J connectivity index is 2.55. The van der Waals surface area contributed by atoms with Gasteiger partial charge in [-0.25, -0.2) is 4.98 Å². The number of hydrogen-bond donors (Lipinski definition) is 1. The van der Waals surface area contributed by atoms with E-state index < -0.39 is 0 Å². The Morgan fingerprint density at radius 1 is 1.18 bits per heavy atom. The first-order chi connectivity index (χ1) is 8.24. The molecule has 6 heteroatoms. The number of anilines is 1. The minimum Gasteiger partial charge on any atom is -0.494 e. The quantitative estimate of drug-likeness (QED) is 0.854. The van der Waals surface area contributed by atoms with E-state index in [1.807, 2.05) is 0 Å². The smallest absolute Gasteiger partial charge is 0.223 e. The van der Waals surface area contributed by atoms with Crippen molar-refractivity contribution in [2.75, 3.05) is 20.0 Å². The fourth-order valence-corrected chi connectivity index (χ4v) is 1.42. The molecule has 0 fully saturated rings. The van der Waals surface area contributed by atoms with E-state index in [4.69, 9.17) is 15.2 Å². The Kier molecular flexibility index (Phi) is 3.04. The first kappa shape index (κ1) is 11.1. The van der Waals surface area contributed by atoms with Gasteiger partial charge < -0.3 is 15.2 Å². The van der Waals surface area contributed by atoms with Crippen LogP contribution in [-0.2, 0) is 0 Å². The third-order valence-corrected chi connectivity index (χ3v) is 2.16. The van der Waals surface area contributed by atoms with E-state index in [1.54, 1.807) is 31.5 Å². The number of hydrogen-bond acceptors (Lipinski definition) is 6. The molecule has 2 heterocycles. The van der Waals surface area contributed by atoms with Crippen LogP contribution < -0.4 is 15.2 Å². The van der Waals surface area contributed by atoms with Gasteiger partial charge in [0.1, 0.15) is 17.1 Å². The molecule has 0 radical (unpaired) electrons. The molecule has 2 aromatic rings. The average Bonchev–Trinajstić information content (AvgIpc) is 2.37. The van der Waals surface area contributed by atoms with E-state index in [2.05, 4.69) is 15.0 Å². The monoisotopic (exact) mass is 232 g/mol.